The molecule has 2 aromatic heterocycles. The number of anilines is 2. The van der Waals surface area contributed by atoms with Crippen molar-refractivity contribution in [3.05, 3.63) is 30.1 Å². The van der Waals surface area contributed by atoms with Crippen LogP contribution in [0.3, 0.4) is 0 Å². The number of nitrogens with one attached hydrogen (secondary N) is 1. The summed E-state index contributed by atoms with van der Waals surface area (Å²) in [6.07, 6.45) is 3.28. The summed E-state index contributed by atoms with van der Waals surface area (Å²) in [5.41, 5.74) is 0.658. The van der Waals surface area contributed by atoms with Crippen molar-refractivity contribution in [2.75, 3.05) is 36.4 Å². The Morgan fingerprint density at radius 1 is 1.19 bits per heavy atom. The van der Waals surface area contributed by atoms with Crippen LogP contribution in [-0.2, 0) is 11.3 Å². The zero-order valence-corrected chi connectivity index (χ0v) is 16.1. The summed E-state index contributed by atoms with van der Waals surface area (Å²) in [4.78, 5) is 20.1. The van der Waals surface area contributed by atoms with Gasteiger partial charge in [0.2, 0.25) is 0 Å². The van der Waals surface area contributed by atoms with Crippen molar-refractivity contribution in [1.29, 1.82) is 0 Å². The number of hydrogen-bond acceptors (Lipinski definition) is 8. The highest BCUT2D eigenvalue weighted by atomic mass is 32.1. The van der Waals surface area contributed by atoms with Gasteiger partial charge in [0.1, 0.15) is 5.60 Å². The van der Waals surface area contributed by atoms with Gasteiger partial charge in [-0.15, -0.1) is 0 Å². The third kappa shape index (κ3) is 4.81. The summed E-state index contributed by atoms with van der Waals surface area (Å²) in [6, 6.07) is 3.93. The van der Waals surface area contributed by atoms with Gasteiger partial charge in [-0.05, 0) is 38.5 Å². The van der Waals surface area contributed by atoms with Crippen molar-refractivity contribution >= 4 is 29.5 Å². The van der Waals surface area contributed by atoms with E-state index in [0.717, 1.165) is 17.2 Å². The van der Waals surface area contributed by atoms with Crippen LogP contribution in [0.25, 0.3) is 0 Å². The first-order valence-electron chi connectivity index (χ1n) is 8.60. The van der Waals surface area contributed by atoms with Crippen molar-refractivity contribution in [1.82, 2.24) is 18.6 Å². The van der Waals surface area contributed by atoms with Gasteiger partial charge in [0.25, 0.3) is 0 Å². The largest absolute Gasteiger partial charge is 0.444 e. The molecule has 0 atom stereocenters. The van der Waals surface area contributed by atoms with Crippen LogP contribution in [0, 0.1) is 0 Å². The molecule has 0 unspecified atom stereocenters. The number of ether oxygens (including phenoxy) is 1. The van der Waals surface area contributed by atoms with Crippen LogP contribution in [0.15, 0.2) is 24.5 Å². The van der Waals surface area contributed by atoms with Crippen LogP contribution in [-0.4, -0.2) is 56.5 Å². The number of nitrogens with zero attached hydrogens (tertiary/aromatic N) is 5. The first kappa shape index (κ1) is 18.4. The van der Waals surface area contributed by atoms with Gasteiger partial charge in [0, 0.05) is 45.1 Å². The third-order valence-corrected chi connectivity index (χ3v) is 4.43. The van der Waals surface area contributed by atoms with Crippen LogP contribution in [0.4, 0.5) is 16.4 Å². The lowest BCUT2D eigenvalue weighted by atomic mass is 10.2. The molecule has 0 spiro atoms. The number of carbonyl (C=O) groups excluding carboxylic acids is 1. The molecule has 0 radical (unpaired) electrons. The van der Waals surface area contributed by atoms with Crippen LogP contribution >= 0.6 is 11.7 Å². The Morgan fingerprint density at radius 3 is 2.54 bits per heavy atom. The molecule has 9 heteroatoms. The molecule has 1 aliphatic rings. The molecule has 2 aromatic rings. The van der Waals surface area contributed by atoms with E-state index in [-0.39, 0.29) is 6.09 Å². The van der Waals surface area contributed by atoms with E-state index in [2.05, 4.69) is 23.9 Å². The molecule has 3 rings (SSSR count). The second-order valence-corrected chi connectivity index (χ2v) is 7.63. The molecule has 0 saturated carbocycles. The second-order valence-electron chi connectivity index (χ2n) is 7.10. The smallest absolute Gasteiger partial charge is 0.410 e. The van der Waals surface area contributed by atoms with E-state index >= 15 is 0 Å². The molecule has 1 N–H and O–H groups in total. The summed E-state index contributed by atoms with van der Waals surface area (Å²) in [6.45, 7) is 8.92. The van der Waals surface area contributed by atoms with Crippen LogP contribution in [0.1, 0.15) is 26.3 Å². The minimum absolute atomic E-state index is 0.260. The maximum atomic E-state index is 12.2. The summed E-state index contributed by atoms with van der Waals surface area (Å²) < 4.78 is 14.2. The molecule has 0 aliphatic carbocycles. The van der Waals surface area contributed by atoms with Gasteiger partial charge in [-0.25, -0.2) is 4.79 Å². The molecule has 8 nitrogen and oxygen atoms in total. The lowest BCUT2D eigenvalue weighted by molar-refractivity contribution is 0.0240. The Balaban J connectivity index is 1.55. The number of rotatable bonds is 4. The number of aromatic nitrogens is 3. The van der Waals surface area contributed by atoms with Crippen LogP contribution < -0.4 is 10.2 Å². The first-order chi connectivity index (χ1) is 12.4. The molecule has 1 aliphatic heterocycles. The predicted octanol–water partition coefficient (Wildman–Crippen LogP) is 2.60. The highest BCUT2D eigenvalue weighted by Gasteiger charge is 2.27. The van der Waals surface area contributed by atoms with Crippen molar-refractivity contribution in [3.8, 4) is 0 Å². The third-order valence-electron chi connectivity index (χ3n) is 3.91. The molecule has 0 bridgehead atoms. The Bertz CT molecular complexity index is 722. The molecular weight excluding hydrogens is 352 g/mol. The Labute approximate surface area is 157 Å². The maximum absolute atomic E-state index is 12.2. The zero-order valence-electron chi connectivity index (χ0n) is 15.3. The monoisotopic (exact) mass is 376 g/mol. The van der Waals surface area contributed by atoms with E-state index in [4.69, 9.17) is 4.74 Å². The van der Waals surface area contributed by atoms with Gasteiger partial charge < -0.3 is 19.9 Å². The van der Waals surface area contributed by atoms with E-state index in [1.165, 1.54) is 11.7 Å². The van der Waals surface area contributed by atoms with Gasteiger partial charge >= 0.3 is 6.09 Å². The predicted molar refractivity (Wildman–Crippen MR) is 101 cm³/mol. The minimum atomic E-state index is -0.475. The number of piperazine rings is 1. The Kier molecular flexibility index (Phi) is 5.55. The average Bonchev–Trinajstić information content (AvgIpc) is 3.08. The molecule has 140 valence electrons. The second kappa shape index (κ2) is 7.86. The zero-order chi connectivity index (χ0) is 18.6. The van der Waals surface area contributed by atoms with Crippen molar-refractivity contribution < 1.29 is 9.53 Å². The van der Waals surface area contributed by atoms with Crippen LogP contribution in [0.5, 0.6) is 0 Å². The quantitative estimate of drug-likeness (QED) is 0.878. The highest BCUT2D eigenvalue weighted by molar-refractivity contribution is 6.99. The van der Waals surface area contributed by atoms with Gasteiger partial charge in [0.05, 0.1) is 11.7 Å². The molecule has 0 aromatic carbocycles. The van der Waals surface area contributed by atoms with Gasteiger partial charge in [-0.1, -0.05) is 0 Å². The summed E-state index contributed by atoms with van der Waals surface area (Å²) in [5.74, 6) is 1.62. The standard InChI is InChI=1S/C17H24N6O2S/c1-17(2,3)25-16(24)23-10-8-22(9-11-23)15-14(20-26-21-15)19-12-13-4-6-18-7-5-13/h4-7H,8-12H2,1-3H3,(H,19,20). The Morgan fingerprint density at radius 2 is 1.88 bits per heavy atom. The summed E-state index contributed by atoms with van der Waals surface area (Å²) in [7, 11) is 0. The molecule has 1 saturated heterocycles. The highest BCUT2D eigenvalue weighted by Crippen LogP contribution is 2.25. The van der Waals surface area contributed by atoms with E-state index < -0.39 is 5.60 Å². The van der Waals surface area contributed by atoms with E-state index in [0.29, 0.717) is 32.7 Å². The van der Waals surface area contributed by atoms with Gasteiger partial charge in [-0.2, -0.15) is 8.75 Å². The number of amides is 1. The molecule has 1 fully saturated rings. The number of pyridine rings is 1. The van der Waals surface area contributed by atoms with Crippen molar-refractivity contribution in [2.24, 2.45) is 0 Å². The maximum Gasteiger partial charge on any atom is 0.410 e. The minimum Gasteiger partial charge on any atom is -0.444 e. The summed E-state index contributed by atoms with van der Waals surface area (Å²) >= 11 is 1.19. The molecular formula is C17H24N6O2S. The summed E-state index contributed by atoms with van der Waals surface area (Å²) in [5, 5.41) is 3.33. The molecule has 3 heterocycles. The molecule has 1 amide bonds. The van der Waals surface area contributed by atoms with E-state index in [9.17, 15) is 4.79 Å². The van der Waals surface area contributed by atoms with Crippen molar-refractivity contribution in [3.63, 3.8) is 0 Å². The first-order valence-corrected chi connectivity index (χ1v) is 9.33. The fourth-order valence-electron chi connectivity index (χ4n) is 2.62. The molecule has 26 heavy (non-hydrogen) atoms. The van der Waals surface area contributed by atoms with E-state index in [1.54, 1.807) is 17.3 Å². The number of hydrogen-bond donors (Lipinski definition) is 1. The lowest BCUT2D eigenvalue weighted by Gasteiger charge is -2.35. The fourth-order valence-corrected chi connectivity index (χ4v) is 3.16. The average molecular weight is 376 g/mol. The fraction of sp³-hybridized carbons (Fsp3) is 0.529. The van der Waals surface area contributed by atoms with Crippen molar-refractivity contribution in [2.45, 2.75) is 32.9 Å². The number of carbonyl (C=O) groups is 1. The van der Waals surface area contributed by atoms with Crippen LogP contribution in [0.2, 0.25) is 0 Å². The Hall–Kier alpha value is -2.42. The lowest BCUT2D eigenvalue weighted by Crippen LogP contribution is -2.50. The normalized spacial score (nSPS) is 15.0. The van der Waals surface area contributed by atoms with Gasteiger partial charge in [0.15, 0.2) is 11.6 Å². The van der Waals surface area contributed by atoms with E-state index in [1.807, 2.05) is 32.9 Å². The topological polar surface area (TPSA) is 83.5 Å². The SMILES string of the molecule is CC(C)(C)OC(=O)N1CCN(c2nsnc2NCc2ccncc2)CC1. The van der Waals surface area contributed by atoms with Gasteiger partial charge in [-0.3, -0.25) is 4.98 Å².